The fraction of sp³-hybridized carbons (Fsp3) is 0.450. The van der Waals surface area contributed by atoms with Crippen molar-refractivity contribution in [3.63, 3.8) is 0 Å². The second-order valence-corrected chi connectivity index (χ2v) is 6.62. The molecule has 0 radical (unpaired) electrons. The third-order valence-electron chi connectivity index (χ3n) is 4.79. The number of likely N-dealkylation sites (tertiary alicyclic amines) is 1. The van der Waals surface area contributed by atoms with E-state index in [0.29, 0.717) is 29.5 Å². The van der Waals surface area contributed by atoms with E-state index >= 15 is 0 Å². The van der Waals surface area contributed by atoms with Crippen LogP contribution in [0.3, 0.4) is 0 Å². The Hall–Kier alpha value is -2.90. The molecule has 1 amide bonds. The number of amides is 1. The Morgan fingerprint density at radius 1 is 1.25 bits per heavy atom. The second kappa shape index (κ2) is 8.41. The number of furan rings is 1. The maximum absolute atomic E-state index is 13.4. The molecule has 0 saturated carbocycles. The molecule has 0 aliphatic carbocycles. The molecule has 150 valence electrons. The number of hydrogen-bond donors (Lipinski definition) is 0. The number of piperidine rings is 1. The predicted molar refractivity (Wildman–Crippen MR) is 97.2 cm³/mol. The maximum atomic E-state index is 13.4. The van der Waals surface area contributed by atoms with Crippen molar-refractivity contribution in [1.82, 2.24) is 4.90 Å². The Labute approximate surface area is 161 Å². The van der Waals surface area contributed by atoms with E-state index in [1.54, 1.807) is 13.8 Å². The number of benzene rings is 1. The van der Waals surface area contributed by atoms with E-state index in [-0.39, 0.29) is 12.4 Å². The van der Waals surface area contributed by atoms with Crippen LogP contribution in [0.2, 0.25) is 0 Å². The van der Waals surface area contributed by atoms with Gasteiger partial charge in [-0.3, -0.25) is 4.79 Å². The van der Waals surface area contributed by atoms with Crippen LogP contribution in [-0.4, -0.2) is 48.5 Å². The topological polar surface area (TPSA) is 86.0 Å². The number of ether oxygens (including phenoxy) is 2. The normalized spacial score (nSPS) is 16.8. The van der Waals surface area contributed by atoms with Gasteiger partial charge in [-0.2, -0.15) is 0 Å². The molecule has 28 heavy (non-hydrogen) atoms. The highest BCUT2D eigenvalue weighted by Gasteiger charge is 2.33. The van der Waals surface area contributed by atoms with Gasteiger partial charge in [-0.05, 0) is 51.3 Å². The minimum absolute atomic E-state index is 0.0750. The Morgan fingerprint density at radius 2 is 2.04 bits per heavy atom. The molecule has 2 aromatic rings. The zero-order valence-corrected chi connectivity index (χ0v) is 15.8. The second-order valence-electron chi connectivity index (χ2n) is 6.62. The first-order valence-electron chi connectivity index (χ1n) is 9.24. The smallest absolute Gasteiger partial charge is 0.375 e. The highest BCUT2D eigenvalue weighted by Crippen LogP contribution is 2.26. The van der Waals surface area contributed by atoms with Crippen LogP contribution < -0.4 is 0 Å². The van der Waals surface area contributed by atoms with Gasteiger partial charge in [-0.25, -0.2) is 14.0 Å². The molecule has 1 atom stereocenters. The molecule has 1 aliphatic rings. The quantitative estimate of drug-likeness (QED) is 0.729. The van der Waals surface area contributed by atoms with Gasteiger partial charge in [0.05, 0.1) is 6.61 Å². The number of carbonyl (C=O) groups is 3. The molecule has 1 unspecified atom stereocenters. The number of aryl methyl sites for hydroxylation is 1. The monoisotopic (exact) mass is 391 g/mol. The van der Waals surface area contributed by atoms with Crippen molar-refractivity contribution in [3.05, 3.63) is 35.3 Å². The van der Waals surface area contributed by atoms with Gasteiger partial charge < -0.3 is 18.8 Å². The standard InChI is InChI=1S/C20H22FNO6/c1-3-26-19(24)15-6-4-5-9-22(15)17(23)11-27-20(25)18-12(2)14-10-13(21)7-8-16(14)28-18/h7-8,10,15H,3-6,9,11H2,1-2H3. The number of fused-ring (bicyclic) bond motifs is 1. The van der Waals surface area contributed by atoms with Crippen molar-refractivity contribution >= 4 is 28.8 Å². The minimum Gasteiger partial charge on any atom is -0.464 e. The molecule has 1 saturated heterocycles. The van der Waals surface area contributed by atoms with Gasteiger partial charge >= 0.3 is 11.9 Å². The van der Waals surface area contributed by atoms with Gasteiger partial charge in [0.1, 0.15) is 17.4 Å². The van der Waals surface area contributed by atoms with Crippen LogP contribution >= 0.6 is 0 Å². The Kier molecular flexibility index (Phi) is 5.96. The van der Waals surface area contributed by atoms with Gasteiger partial charge in [0.2, 0.25) is 5.76 Å². The van der Waals surface area contributed by atoms with Gasteiger partial charge in [0.25, 0.3) is 5.91 Å². The first-order valence-corrected chi connectivity index (χ1v) is 9.24. The van der Waals surface area contributed by atoms with E-state index in [9.17, 15) is 18.8 Å². The summed E-state index contributed by atoms with van der Waals surface area (Å²) in [6.07, 6.45) is 2.11. The first-order chi connectivity index (χ1) is 13.4. The largest absolute Gasteiger partial charge is 0.464 e. The van der Waals surface area contributed by atoms with Crippen molar-refractivity contribution in [3.8, 4) is 0 Å². The molecule has 0 N–H and O–H groups in total. The number of nitrogens with zero attached hydrogens (tertiary/aromatic N) is 1. The lowest BCUT2D eigenvalue weighted by Gasteiger charge is -2.33. The zero-order chi connectivity index (χ0) is 20.3. The molecule has 0 spiro atoms. The molecule has 3 rings (SSSR count). The Bertz CT molecular complexity index is 905. The Morgan fingerprint density at radius 3 is 2.79 bits per heavy atom. The predicted octanol–water partition coefficient (Wildman–Crippen LogP) is 2.98. The SMILES string of the molecule is CCOC(=O)C1CCCCN1C(=O)COC(=O)c1oc2ccc(F)cc2c1C. The molecule has 1 aromatic heterocycles. The molecule has 7 nitrogen and oxygen atoms in total. The number of hydrogen-bond acceptors (Lipinski definition) is 6. The summed E-state index contributed by atoms with van der Waals surface area (Å²) < 4.78 is 29.0. The third kappa shape index (κ3) is 4.00. The van der Waals surface area contributed by atoms with Gasteiger partial charge in [-0.15, -0.1) is 0 Å². The molecule has 1 aromatic carbocycles. The number of esters is 2. The van der Waals surface area contributed by atoms with Gasteiger partial charge in [0.15, 0.2) is 6.61 Å². The summed E-state index contributed by atoms with van der Waals surface area (Å²) in [4.78, 5) is 38.3. The third-order valence-corrected chi connectivity index (χ3v) is 4.79. The van der Waals surface area contributed by atoms with Crippen molar-refractivity contribution < 1.29 is 32.7 Å². The minimum atomic E-state index is -0.813. The van der Waals surface area contributed by atoms with E-state index < -0.39 is 36.3 Å². The molecule has 1 fully saturated rings. The van der Waals surface area contributed by atoms with Crippen LogP contribution in [0.5, 0.6) is 0 Å². The van der Waals surface area contributed by atoms with Crippen LogP contribution in [0.15, 0.2) is 22.6 Å². The lowest BCUT2D eigenvalue weighted by molar-refractivity contribution is -0.157. The van der Waals surface area contributed by atoms with Gasteiger partial charge in [0, 0.05) is 17.5 Å². The highest BCUT2D eigenvalue weighted by atomic mass is 19.1. The highest BCUT2D eigenvalue weighted by molar-refractivity contribution is 5.97. The fourth-order valence-electron chi connectivity index (χ4n) is 3.38. The summed E-state index contributed by atoms with van der Waals surface area (Å²) in [6.45, 7) is 3.45. The van der Waals surface area contributed by atoms with Crippen LogP contribution in [0.25, 0.3) is 11.0 Å². The number of rotatable bonds is 5. The van der Waals surface area contributed by atoms with E-state index in [4.69, 9.17) is 13.9 Å². The first kappa shape index (κ1) is 19.9. The average molecular weight is 391 g/mol. The van der Waals surface area contributed by atoms with E-state index in [1.165, 1.54) is 23.1 Å². The van der Waals surface area contributed by atoms with Crippen molar-refractivity contribution in [2.24, 2.45) is 0 Å². The van der Waals surface area contributed by atoms with Crippen LogP contribution in [-0.2, 0) is 19.1 Å². The summed E-state index contributed by atoms with van der Waals surface area (Å²) in [5, 5.41) is 0.469. The molecular formula is C20H22FNO6. The summed E-state index contributed by atoms with van der Waals surface area (Å²) in [5.74, 6) is -2.24. The summed E-state index contributed by atoms with van der Waals surface area (Å²) in [5.41, 5.74) is 0.796. The molecule has 1 aliphatic heterocycles. The van der Waals surface area contributed by atoms with Crippen LogP contribution in [0.4, 0.5) is 4.39 Å². The lowest BCUT2D eigenvalue weighted by atomic mass is 10.0. The molecule has 2 heterocycles. The summed E-state index contributed by atoms with van der Waals surface area (Å²) >= 11 is 0. The van der Waals surface area contributed by atoms with Crippen molar-refractivity contribution in [2.45, 2.75) is 39.2 Å². The summed E-state index contributed by atoms with van der Waals surface area (Å²) in [7, 11) is 0. The van der Waals surface area contributed by atoms with E-state index in [2.05, 4.69) is 0 Å². The fourth-order valence-corrected chi connectivity index (χ4v) is 3.38. The van der Waals surface area contributed by atoms with Crippen LogP contribution in [0.1, 0.15) is 42.3 Å². The average Bonchev–Trinajstić information content (AvgIpc) is 3.02. The zero-order valence-electron chi connectivity index (χ0n) is 15.8. The number of carbonyl (C=O) groups excluding carboxylic acids is 3. The van der Waals surface area contributed by atoms with Crippen molar-refractivity contribution in [1.29, 1.82) is 0 Å². The lowest BCUT2D eigenvalue weighted by Crippen LogP contribution is -2.50. The molecule has 8 heteroatoms. The molecule has 0 bridgehead atoms. The maximum Gasteiger partial charge on any atom is 0.375 e. The Balaban J connectivity index is 1.67. The molecular weight excluding hydrogens is 369 g/mol. The van der Waals surface area contributed by atoms with Crippen LogP contribution in [0, 0.1) is 12.7 Å². The van der Waals surface area contributed by atoms with E-state index in [1.807, 2.05) is 0 Å². The summed E-state index contributed by atoms with van der Waals surface area (Å²) in [6, 6.07) is 3.27. The van der Waals surface area contributed by atoms with Gasteiger partial charge in [-0.1, -0.05) is 0 Å². The van der Waals surface area contributed by atoms with E-state index in [0.717, 1.165) is 12.8 Å². The van der Waals surface area contributed by atoms with Crippen molar-refractivity contribution in [2.75, 3.05) is 19.8 Å². The number of halogens is 1.